The molecule has 1 saturated heterocycles. The predicted octanol–water partition coefficient (Wildman–Crippen LogP) is 1.57. The van der Waals surface area contributed by atoms with Crippen molar-refractivity contribution in [1.29, 1.82) is 0 Å². The second-order valence-electron chi connectivity index (χ2n) is 5.37. The Kier molecular flexibility index (Phi) is 4.01. The van der Waals surface area contributed by atoms with Gasteiger partial charge in [0.15, 0.2) is 0 Å². The van der Waals surface area contributed by atoms with Gasteiger partial charge in [-0.05, 0) is 30.7 Å². The van der Waals surface area contributed by atoms with E-state index in [0.717, 1.165) is 37.8 Å². The summed E-state index contributed by atoms with van der Waals surface area (Å²) in [6.07, 6.45) is 1.79. The summed E-state index contributed by atoms with van der Waals surface area (Å²) < 4.78 is 0. The lowest BCUT2D eigenvalue weighted by atomic mass is 10.2. The fourth-order valence-corrected chi connectivity index (χ4v) is 2.64. The van der Waals surface area contributed by atoms with E-state index in [-0.39, 0.29) is 0 Å². The van der Waals surface area contributed by atoms with Gasteiger partial charge in [0.25, 0.3) is 0 Å². The highest BCUT2D eigenvalue weighted by Gasteiger charge is 2.19. The molecule has 0 saturated carbocycles. The number of aryl methyl sites for hydroxylation is 1. The maximum atomic E-state index is 5.64. The smallest absolute Gasteiger partial charge is 0.225 e. The van der Waals surface area contributed by atoms with Gasteiger partial charge in [0.2, 0.25) is 5.95 Å². The van der Waals surface area contributed by atoms with Gasteiger partial charge in [-0.15, -0.1) is 0 Å². The van der Waals surface area contributed by atoms with Crippen LogP contribution in [-0.4, -0.2) is 36.1 Å². The first-order valence-electron chi connectivity index (χ1n) is 7.35. The summed E-state index contributed by atoms with van der Waals surface area (Å²) in [4.78, 5) is 13.5. The summed E-state index contributed by atoms with van der Waals surface area (Å²) in [5.74, 6) is 0.793. The van der Waals surface area contributed by atoms with Crippen LogP contribution in [0.15, 0.2) is 36.5 Å². The lowest BCUT2D eigenvalue weighted by molar-refractivity contribution is 0.638. The van der Waals surface area contributed by atoms with E-state index in [9.17, 15) is 0 Å². The van der Waals surface area contributed by atoms with Gasteiger partial charge in [-0.3, -0.25) is 0 Å². The standard InChI is InChI=1S/C16H21N5/c1-13-3-2-4-15(11-13)20-7-9-21(10-8-20)16-18-6-5-14(12-17)19-16/h2-6,11H,7-10,12,17H2,1H3. The molecule has 5 nitrogen and oxygen atoms in total. The summed E-state index contributed by atoms with van der Waals surface area (Å²) in [6, 6.07) is 10.5. The van der Waals surface area contributed by atoms with Crippen LogP contribution in [0.4, 0.5) is 11.6 Å². The number of rotatable bonds is 3. The molecule has 2 aromatic rings. The topological polar surface area (TPSA) is 58.3 Å². The van der Waals surface area contributed by atoms with Crippen molar-refractivity contribution in [2.45, 2.75) is 13.5 Å². The lowest BCUT2D eigenvalue weighted by Gasteiger charge is -2.36. The fourth-order valence-electron chi connectivity index (χ4n) is 2.64. The van der Waals surface area contributed by atoms with Crippen molar-refractivity contribution in [1.82, 2.24) is 9.97 Å². The van der Waals surface area contributed by atoms with Gasteiger partial charge < -0.3 is 15.5 Å². The Bertz CT molecular complexity index is 605. The first kappa shape index (κ1) is 13.8. The maximum absolute atomic E-state index is 5.64. The molecule has 0 unspecified atom stereocenters. The van der Waals surface area contributed by atoms with E-state index in [1.54, 1.807) is 6.20 Å². The van der Waals surface area contributed by atoms with E-state index in [1.807, 2.05) is 6.07 Å². The summed E-state index contributed by atoms with van der Waals surface area (Å²) in [5, 5.41) is 0. The molecule has 5 heteroatoms. The van der Waals surface area contributed by atoms with E-state index < -0.39 is 0 Å². The van der Waals surface area contributed by atoms with Crippen molar-refractivity contribution in [3.63, 3.8) is 0 Å². The Hall–Kier alpha value is -2.14. The van der Waals surface area contributed by atoms with Gasteiger partial charge >= 0.3 is 0 Å². The zero-order valence-corrected chi connectivity index (χ0v) is 12.4. The number of benzene rings is 1. The molecule has 21 heavy (non-hydrogen) atoms. The largest absolute Gasteiger partial charge is 0.368 e. The number of nitrogens with zero attached hydrogens (tertiary/aromatic N) is 4. The minimum atomic E-state index is 0.457. The van der Waals surface area contributed by atoms with Crippen molar-refractivity contribution in [3.05, 3.63) is 47.8 Å². The molecule has 0 bridgehead atoms. The van der Waals surface area contributed by atoms with Gasteiger partial charge in [0.1, 0.15) is 0 Å². The molecule has 1 aliphatic rings. The molecule has 3 rings (SSSR count). The number of hydrogen-bond donors (Lipinski definition) is 1. The number of piperazine rings is 1. The molecule has 1 aromatic carbocycles. The first-order chi connectivity index (χ1) is 10.3. The van der Waals surface area contributed by atoms with E-state index in [1.165, 1.54) is 11.3 Å². The molecule has 0 aliphatic carbocycles. The van der Waals surface area contributed by atoms with Crippen LogP contribution in [0.25, 0.3) is 0 Å². The van der Waals surface area contributed by atoms with Crippen LogP contribution in [0.1, 0.15) is 11.3 Å². The average Bonchev–Trinajstić information content (AvgIpc) is 2.55. The molecule has 0 amide bonds. The zero-order chi connectivity index (χ0) is 14.7. The Morgan fingerprint density at radius 3 is 2.57 bits per heavy atom. The van der Waals surface area contributed by atoms with Crippen LogP contribution in [0, 0.1) is 6.92 Å². The number of aromatic nitrogens is 2. The summed E-state index contributed by atoms with van der Waals surface area (Å²) in [6.45, 7) is 6.42. The molecular formula is C16H21N5. The predicted molar refractivity (Wildman–Crippen MR) is 85.5 cm³/mol. The molecule has 1 fully saturated rings. The van der Waals surface area contributed by atoms with Gasteiger partial charge in [0, 0.05) is 44.6 Å². The highest BCUT2D eigenvalue weighted by Crippen LogP contribution is 2.19. The van der Waals surface area contributed by atoms with Gasteiger partial charge in [0.05, 0.1) is 5.69 Å². The molecule has 1 aromatic heterocycles. The van der Waals surface area contributed by atoms with Crippen molar-refractivity contribution < 1.29 is 0 Å². The first-order valence-corrected chi connectivity index (χ1v) is 7.35. The minimum absolute atomic E-state index is 0.457. The van der Waals surface area contributed by atoms with Crippen LogP contribution in [0.3, 0.4) is 0 Å². The van der Waals surface area contributed by atoms with Gasteiger partial charge in [-0.1, -0.05) is 12.1 Å². The SMILES string of the molecule is Cc1cccc(N2CCN(c3nccc(CN)n3)CC2)c1. The number of nitrogens with two attached hydrogens (primary N) is 1. The van der Waals surface area contributed by atoms with Crippen LogP contribution < -0.4 is 15.5 Å². The molecule has 2 heterocycles. The molecule has 0 spiro atoms. The number of anilines is 2. The molecular weight excluding hydrogens is 262 g/mol. The highest BCUT2D eigenvalue weighted by molar-refractivity contribution is 5.50. The van der Waals surface area contributed by atoms with Gasteiger partial charge in [-0.25, -0.2) is 9.97 Å². The van der Waals surface area contributed by atoms with Crippen molar-refractivity contribution in [3.8, 4) is 0 Å². The average molecular weight is 283 g/mol. The molecule has 0 radical (unpaired) electrons. The third-order valence-corrected chi connectivity index (χ3v) is 3.84. The monoisotopic (exact) mass is 283 g/mol. The Labute approximate surface area is 125 Å². The van der Waals surface area contributed by atoms with Crippen molar-refractivity contribution >= 4 is 11.6 Å². The van der Waals surface area contributed by atoms with Crippen molar-refractivity contribution in [2.24, 2.45) is 5.73 Å². The van der Waals surface area contributed by atoms with Crippen LogP contribution in [-0.2, 0) is 6.54 Å². The zero-order valence-electron chi connectivity index (χ0n) is 12.4. The van der Waals surface area contributed by atoms with Crippen LogP contribution in [0.5, 0.6) is 0 Å². The van der Waals surface area contributed by atoms with E-state index in [2.05, 4.69) is 51.0 Å². The summed E-state index contributed by atoms with van der Waals surface area (Å²) in [7, 11) is 0. The summed E-state index contributed by atoms with van der Waals surface area (Å²) >= 11 is 0. The Morgan fingerprint density at radius 2 is 1.86 bits per heavy atom. The fraction of sp³-hybridized carbons (Fsp3) is 0.375. The minimum Gasteiger partial charge on any atom is -0.368 e. The third-order valence-electron chi connectivity index (χ3n) is 3.84. The van der Waals surface area contributed by atoms with Crippen LogP contribution >= 0.6 is 0 Å². The molecule has 1 aliphatic heterocycles. The van der Waals surface area contributed by atoms with E-state index in [4.69, 9.17) is 5.73 Å². The quantitative estimate of drug-likeness (QED) is 0.926. The normalized spacial score (nSPS) is 15.3. The molecule has 0 atom stereocenters. The molecule has 2 N–H and O–H groups in total. The lowest BCUT2D eigenvalue weighted by Crippen LogP contribution is -2.47. The highest BCUT2D eigenvalue weighted by atomic mass is 15.3. The van der Waals surface area contributed by atoms with E-state index >= 15 is 0 Å². The Balaban J connectivity index is 1.67. The third kappa shape index (κ3) is 3.13. The van der Waals surface area contributed by atoms with Crippen molar-refractivity contribution in [2.75, 3.05) is 36.0 Å². The Morgan fingerprint density at radius 1 is 1.10 bits per heavy atom. The second-order valence-corrected chi connectivity index (χ2v) is 5.37. The maximum Gasteiger partial charge on any atom is 0.225 e. The van der Waals surface area contributed by atoms with E-state index in [0.29, 0.717) is 6.54 Å². The van der Waals surface area contributed by atoms with Gasteiger partial charge in [-0.2, -0.15) is 0 Å². The summed E-state index contributed by atoms with van der Waals surface area (Å²) in [5.41, 5.74) is 9.13. The van der Waals surface area contributed by atoms with Crippen LogP contribution in [0.2, 0.25) is 0 Å². The second kappa shape index (κ2) is 6.10. The number of hydrogen-bond acceptors (Lipinski definition) is 5. The molecule has 110 valence electrons.